The van der Waals surface area contributed by atoms with Crippen LogP contribution in [0.3, 0.4) is 0 Å². The molecule has 0 radical (unpaired) electrons. The highest BCUT2D eigenvalue weighted by Gasteiger charge is 2.33. The van der Waals surface area contributed by atoms with E-state index in [2.05, 4.69) is 21.2 Å². The van der Waals surface area contributed by atoms with Crippen LogP contribution in [0.15, 0.2) is 22.7 Å². The summed E-state index contributed by atoms with van der Waals surface area (Å²) in [5, 5.41) is 2.69. The number of ether oxygens (including phenoxy) is 1. The lowest BCUT2D eigenvalue weighted by Crippen LogP contribution is -2.58. The van der Waals surface area contributed by atoms with E-state index in [1.54, 1.807) is 25.3 Å². The molecule has 0 bridgehead atoms. The molecule has 1 aromatic carbocycles. The monoisotopic (exact) mass is 326 g/mol. The zero-order valence-corrected chi connectivity index (χ0v) is 12.4. The molecule has 1 atom stereocenters. The summed E-state index contributed by atoms with van der Waals surface area (Å²) in [7, 11) is 1.56. The maximum absolute atomic E-state index is 12.3. The molecule has 1 aliphatic rings. The predicted molar refractivity (Wildman–Crippen MR) is 75.3 cm³/mol. The number of amides is 2. The number of methoxy groups -OCH3 is 1. The minimum Gasteiger partial charge on any atom is -0.497 e. The average molecular weight is 327 g/mol. The molecule has 1 aromatic rings. The molecule has 1 fully saturated rings. The van der Waals surface area contributed by atoms with Gasteiger partial charge in [0.25, 0.3) is 0 Å². The van der Waals surface area contributed by atoms with Crippen LogP contribution in [-0.4, -0.2) is 31.5 Å². The fraction of sp³-hybridized carbons (Fsp3) is 0.385. The predicted octanol–water partition coefficient (Wildman–Crippen LogP) is 1.70. The molecule has 19 heavy (non-hydrogen) atoms. The van der Waals surface area contributed by atoms with Crippen LogP contribution >= 0.6 is 15.9 Å². The molecule has 0 saturated carbocycles. The molecule has 0 aliphatic carbocycles. The third kappa shape index (κ3) is 2.73. The van der Waals surface area contributed by atoms with E-state index in [1.807, 2.05) is 6.92 Å². The Morgan fingerprint density at radius 3 is 2.84 bits per heavy atom. The number of hydrogen-bond acceptors (Lipinski definition) is 3. The van der Waals surface area contributed by atoms with Gasteiger partial charge in [0, 0.05) is 10.5 Å². The molecule has 0 spiro atoms. The molecule has 1 unspecified atom stereocenters. The Balaban J connectivity index is 2.39. The van der Waals surface area contributed by atoms with Crippen molar-refractivity contribution < 1.29 is 14.3 Å². The Labute approximate surface area is 120 Å². The first-order valence-electron chi connectivity index (χ1n) is 6.01. The number of halogens is 1. The number of anilines is 1. The van der Waals surface area contributed by atoms with Crippen molar-refractivity contribution in [3.05, 3.63) is 22.7 Å². The summed E-state index contributed by atoms with van der Waals surface area (Å²) in [6.07, 6.45) is 0.572. The molecule has 0 aromatic heterocycles. The first kappa shape index (κ1) is 13.9. The minimum atomic E-state index is -0.459. The second-order valence-corrected chi connectivity index (χ2v) is 5.12. The summed E-state index contributed by atoms with van der Waals surface area (Å²) in [4.78, 5) is 25.5. The lowest BCUT2D eigenvalue weighted by molar-refractivity contribution is -0.131. The maximum atomic E-state index is 12.3. The summed E-state index contributed by atoms with van der Waals surface area (Å²) in [6, 6.07) is 4.88. The molecule has 6 heteroatoms. The topological polar surface area (TPSA) is 58.6 Å². The molecular weight excluding hydrogens is 312 g/mol. The highest BCUT2D eigenvalue weighted by molar-refractivity contribution is 9.10. The molecule has 1 aliphatic heterocycles. The first-order valence-corrected chi connectivity index (χ1v) is 6.80. The van der Waals surface area contributed by atoms with Crippen LogP contribution in [0, 0.1) is 0 Å². The zero-order chi connectivity index (χ0) is 14.0. The highest BCUT2D eigenvalue weighted by atomic mass is 79.9. The number of rotatable bonds is 3. The zero-order valence-electron chi connectivity index (χ0n) is 10.8. The van der Waals surface area contributed by atoms with Crippen LogP contribution in [0.2, 0.25) is 0 Å². The summed E-state index contributed by atoms with van der Waals surface area (Å²) in [6.45, 7) is 1.90. The van der Waals surface area contributed by atoms with Crippen molar-refractivity contribution in [3.8, 4) is 5.75 Å². The van der Waals surface area contributed by atoms with Crippen LogP contribution in [0.1, 0.15) is 13.3 Å². The molecule has 2 rings (SSSR count). The number of carbonyl (C=O) groups is 2. The van der Waals surface area contributed by atoms with Crippen molar-refractivity contribution in [2.75, 3.05) is 18.6 Å². The second-order valence-electron chi connectivity index (χ2n) is 4.27. The van der Waals surface area contributed by atoms with Gasteiger partial charge in [0.15, 0.2) is 0 Å². The molecule has 1 heterocycles. The van der Waals surface area contributed by atoms with Gasteiger partial charge in [-0.2, -0.15) is 0 Å². The normalized spacial score (nSPS) is 19.3. The van der Waals surface area contributed by atoms with Crippen molar-refractivity contribution in [3.63, 3.8) is 0 Å². The fourth-order valence-corrected chi connectivity index (χ4v) is 2.48. The van der Waals surface area contributed by atoms with E-state index in [1.165, 1.54) is 4.90 Å². The Morgan fingerprint density at radius 1 is 1.47 bits per heavy atom. The van der Waals surface area contributed by atoms with E-state index in [4.69, 9.17) is 4.74 Å². The van der Waals surface area contributed by atoms with Crippen LogP contribution in [0.25, 0.3) is 0 Å². The maximum Gasteiger partial charge on any atom is 0.250 e. The Bertz CT molecular complexity index is 519. The van der Waals surface area contributed by atoms with E-state index in [-0.39, 0.29) is 18.4 Å². The second kappa shape index (κ2) is 5.61. The lowest BCUT2D eigenvalue weighted by atomic mass is 10.1. The fourth-order valence-electron chi connectivity index (χ4n) is 2.02. The molecule has 102 valence electrons. The number of nitrogens with one attached hydrogen (secondary N) is 1. The number of nitrogens with zero attached hydrogens (tertiary/aromatic N) is 1. The van der Waals surface area contributed by atoms with Gasteiger partial charge in [-0.3, -0.25) is 14.5 Å². The van der Waals surface area contributed by atoms with Gasteiger partial charge >= 0.3 is 0 Å². The largest absolute Gasteiger partial charge is 0.497 e. The summed E-state index contributed by atoms with van der Waals surface area (Å²) < 4.78 is 5.91. The number of carbonyl (C=O) groups excluding carboxylic acids is 2. The number of hydrogen-bond donors (Lipinski definition) is 1. The van der Waals surface area contributed by atoms with Gasteiger partial charge in [0.2, 0.25) is 11.8 Å². The molecule has 5 nitrogen and oxygen atoms in total. The summed E-state index contributed by atoms with van der Waals surface area (Å²) in [5.41, 5.74) is 0.651. The molecule has 1 N–H and O–H groups in total. The van der Waals surface area contributed by atoms with Crippen molar-refractivity contribution in [1.29, 1.82) is 0 Å². The number of piperazine rings is 1. The van der Waals surface area contributed by atoms with Crippen molar-refractivity contribution in [2.24, 2.45) is 0 Å². The smallest absolute Gasteiger partial charge is 0.250 e. The van der Waals surface area contributed by atoms with Gasteiger partial charge in [-0.05, 0) is 34.5 Å². The Morgan fingerprint density at radius 2 is 2.21 bits per heavy atom. The molecule has 2 amide bonds. The van der Waals surface area contributed by atoms with Crippen molar-refractivity contribution in [1.82, 2.24) is 5.32 Å². The molecule has 1 saturated heterocycles. The van der Waals surface area contributed by atoms with E-state index in [9.17, 15) is 9.59 Å². The average Bonchev–Trinajstić information content (AvgIpc) is 2.41. The van der Waals surface area contributed by atoms with Crippen LogP contribution in [-0.2, 0) is 9.59 Å². The first-order chi connectivity index (χ1) is 9.06. The van der Waals surface area contributed by atoms with Crippen LogP contribution in [0.4, 0.5) is 5.69 Å². The Hall–Kier alpha value is -1.56. The standard InChI is InChI=1S/C13H15BrN2O3/c1-3-10-13(18)16(7-12(17)15-10)11-6-8(19-2)4-5-9(11)14/h4-6,10H,3,7H2,1-2H3,(H,15,17). The number of benzene rings is 1. The SMILES string of the molecule is CCC1NC(=O)CN(c2cc(OC)ccc2Br)C1=O. The van der Waals surface area contributed by atoms with Crippen molar-refractivity contribution in [2.45, 2.75) is 19.4 Å². The van der Waals surface area contributed by atoms with Gasteiger partial charge in [-0.15, -0.1) is 0 Å². The third-order valence-corrected chi connectivity index (χ3v) is 3.72. The minimum absolute atomic E-state index is 0.0289. The van der Waals surface area contributed by atoms with Gasteiger partial charge < -0.3 is 10.1 Å². The van der Waals surface area contributed by atoms with E-state index in [0.717, 1.165) is 4.47 Å². The Kier molecular flexibility index (Phi) is 4.09. The van der Waals surface area contributed by atoms with Crippen LogP contribution in [0.5, 0.6) is 5.75 Å². The van der Waals surface area contributed by atoms with Crippen molar-refractivity contribution >= 4 is 33.4 Å². The lowest BCUT2D eigenvalue weighted by Gasteiger charge is -2.32. The van der Waals surface area contributed by atoms with Gasteiger partial charge in [-0.1, -0.05) is 6.92 Å². The molecular formula is C13H15BrN2O3. The highest BCUT2D eigenvalue weighted by Crippen LogP contribution is 2.31. The van der Waals surface area contributed by atoms with E-state index in [0.29, 0.717) is 17.9 Å². The van der Waals surface area contributed by atoms with E-state index >= 15 is 0 Å². The van der Waals surface area contributed by atoms with Gasteiger partial charge in [0.1, 0.15) is 18.3 Å². The van der Waals surface area contributed by atoms with Crippen LogP contribution < -0.4 is 15.0 Å². The van der Waals surface area contributed by atoms with Gasteiger partial charge in [-0.25, -0.2) is 0 Å². The van der Waals surface area contributed by atoms with E-state index < -0.39 is 6.04 Å². The van der Waals surface area contributed by atoms with Gasteiger partial charge in [0.05, 0.1) is 12.8 Å². The summed E-state index contributed by atoms with van der Waals surface area (Å²) >= 11 is 3.40. The quantitative estimate of drug-likeness (QED) is 0.919. The summed E-state index contributed by atoms with van der Waals surface area (Å²) in [5.74, 6) is 0.391. The third-order valence-electron chi connectivity index (χ3n) is 3.05.